The average Bonchev–Trinajstić information content (AvgIpc) is 2.73. The fourth-order valence-electron chi connectivity index (χ4n) is 2.08. The number of aromatic carboxylic acids is 1. The predicted molar refractivity (Wildman–Crippen MR) is 74.2 cm³/mol. The molecule has 0 saturated carbocycles. The average molecular weight is 295 g/mol. The van der Waals surface area contributed by atoms with Crippen LogP contribution in [0, 0.1) is 17.0 Å². The molecule has 2 aromatic rings. The minimum Gasteiger partial charge on any atom is -0.477 e. The summed E-state index contributed by atoms with van der Waals surface area (Å²) in [6, 6.07) is 5.99. The highest BCUT2D eigenvalue weighted by molar-refractivity contribution is 6.33. The summed E-state index contributed by atoms with van der Waals surface area (Å²) < 4.78 is 1.51. The van der Waals surface area contributed by atoms with Crippen LogP contribution in [0.5, 0.6) is 0 Å². The minimum absolute atomic E-state index is 0.0219. The summed E-state index contributed by atoms with van der Waals surface area (Å²) in [6.07, 6.45) is 0. The van der Waals surface area contributed by atoms with Crippen molar-refractivity contribution < 1.29 is 14.8 Å². The Morgan fingerprint density at radius 2 is 2.05 bits per heavy atom. The number of aryl methyl sites for hydroxylation is 1. The Balaban J connectivity index is 2.62. The summed E-state index contributed by atoms with van der Waals surface area (Å²) in [5, 5.41) is 19.9. The maximum absolute atomic E-state index is 11.0. The number of aromatic nitrogens is 1. The molecule has 0 radical (unpaired) electrons. The number of carboxylic acids is 1. The first-order valence-corrected chi connectivity index (χ1v) is 6.04. The first-order chi connectivity index (χ1) is 9.32. The molecule has 0 fully saturated rings. The number of halogens is 1. The summed E-state index contributed by atoms with van der Waals surface area (Å²) in [4.78, 5) is 21.3. The zero-order valence-corrected chi connectivity index (χ0v) is 11.5. The molecule has 104 valence electrons. The molecule has 1 aromatic carbocycles. The molecule has 0 aliphatic heterocycles. The van der Waals surface area contributed by atoms with Gasteiger partial charge < -0.3 is 9.67 Å². The van der Waals surface area contributed by atoms with Crippen molar-refractivity contribution in [2.24, 2.45) is 7.05 Å². The van der Waals surface area contributed by atoms with Gasteiger partial charge in [-0.2, -0.15) is 0 Å². The Morgan fingerprint density at radius 1 is 1.40 bits per heavy atom. The van der Waals surface area contributed by atoms with Crippen LogP contribution in [0.2, 0.25) is 5.02 Å². The number of rotatable bonds is 3. The number of carboxylic acid groups (broad SMARTS) is 1. The van der Waals surface area contributed by atoms with E-state index in [-0.39, 0.29) is 16.4 Å². The molecule has 7 heteroatoms. The Morgan fingerprint density at radius 3 is 2.55 bits per heavy atom. The van der Waals surface area contributed by atoms with Gasteiger partial charge in [-0.25, -0.2) is 4.79 Å². The number of hydrogen-bond donors (Lipinski definition) is 1. The number of hydrogen-bond acceptors (Lipinski definition) is 3. The third-order valence-electron chi connectivity index (χ3n) is 3.11. The van der Waals surface area contributed by atoms with Crippen LogP contribution >= 0.6 is 11.6 Å². The third kappa shape index (κ3) is 2.25. The van der Waals surface area contributed by atoms with E-state index in [1.165, 1.54) is 22.8 Å². The lowest BCUT2D eigenvalue weighted by atomic mass is 10.0. The van der Waals surface area contributed by atoms with E-state index in [0.29, 0.717) is 16.8 Å². The molecule has 20 heavy (non-hydrogen) atoms. The SMILES string of the molecule is Cc1cc([N+](=O)[O-])c(Cl)cc1-c1ccc(C(=O)O)n1C. The van der Waals surface area contributed by atoms with Gasteiger partial charge in [-0.1, -0.05) is 11.6 Å². The zero-order chi connectivity index (χ0) is 15.0. The second-order valence-corrected chi connectivity index (χ2v) is 4.75. The molecule has 0 saturated heterocycles. The van der Waals surface area contributed by atoms with Gasteiger partial charge in [0.25, 0.3) is 5.69 Å². The van der Waals surface area contributed by atoms with E-state index in [0.717, 1.165) is 0 Å². The monoisotopic (exact) mass is 294 g/mol. The zero-order valence-electron chi connectivity index (χ0n) is 10.8. The Hall–Kier alpha value is -2.34. The molecule has 0 aliphatic rings. The molecule has 1 aromatic heterocycles. The fourth-order valence-corrected chi connectivity index (χ4v) is 2.31. The molecular weight excluding hydrogens is 284 g/mol. The largest absolute Gasteiger partial charge is 0.477 e. The Kier molecular flexibility index (Phi) is 3.50. The van der Waals surface area contributed by atoms with Crippen molar-refractivity contribution in [1.29, 1.82) is 0 Å². The summed E-state index contributed by atoms with van der Waals surface area (Å²) in [6.45, 7) is 1.71. The van der Waals surface area contributed by atoms with E-state index in [1.807, 2.05) is 0 Å². The number of benzene rings is 1. The third-order valence-corrected chi connectivity index (χ3v) is 3.41. The van der Waals surface area contributed by atoms with E-state index in [9.17, 15) is 14.9 Å². The van der Waals surface area contributed by atoms with Crippen molar-refractivity contribution in [3.63, 3.8) is 0 Å². The first kappa shape index (κ1) is 14.1. The molecule has 0 amide bonds. The quantitative estimate of drug-likeness (QED) is 0.695. The lowest BCUT2D eigenvalue weighted by molar-refractivity contribution is -0.384. The van der Waals surface area contributed by atoms with Gasteiger partial charge in [-0.3, -0.25) is 10.1 Å². The Labute approximate surface area is 119 Å². The lowest BCUT2D eigenvalue weighted by Crippen LogP contribution is -2.05. The van der Waals surface area contributed by atoms with E-state index < -0.39 is 10.9 Å². The van der Waals surface area contributed by atoms with Crippen LogP contribution in [0.1, 0.15) is 16.1 Å². The molecule has 0 aliphatic carbocycles. The summed E-state index contributed by atoms with van der Waals surface area (Å²) in [5.41, 5.74) is 1.92. The van der Waals surface area contributed by atoms with Crippen molar-refractivity contribution in [3.05, 3.63) is 50.7 Å². The van der Waals surface area contributed by atoms with Gasteiger partial charge in [0.2, 0.25) is 0 Å². The number of carbonyl (C=O) groups is 1. The van der Waals surface area contributed by atoms with Crippen molar-refractivity contribution in [1.82, 2.24) is 4.57 Å². The highest BCUT2D eigenvalue weighted by Crippen LogP contribution is 2.33. The van der Waals surface area contributed by atoms with Gasteiger partial charge >= 0.3 is 5.97 Å². The smallest absolute Gasteiger partial charge is 0.352 e. The molecular formula is C13H11ClN2O4. The molecule has 1 N–H and O–H groups in total. The normalized spacial score (nSPS) is 10.6. The number of nitro benzene ring substituents is 1. The van der Waals surface area contributed by atoms with Gasteiger partial charge in [0.05, 0.1) is 4.92 Å². The highest BCUT2D eigenvalue weighted by atomic mass is 35.5. The fraction of sp³-hybridized carbons (Fsp3) is 0.154. The first-order valence-electron chi connectivity index (χ1n) is 5.67. The summed E-state index contributed by atoms with van der Waals surface area (Å²) in [5.74, 6) is -1.04. The highest BCUT2D eigenvalue weighted by Gasteiger charge is 2.19. The molecule has 0 atom stereocenters. The van der Waals surface area contributed by atoms with Crippen LogP contribution in [0.4, 0.5) is 5.69 Å². The number of nitrogens with zero attached hydrogens (tertiary/aromatic N) is 2. The van der Waals surface area contributed by atoms with Gasteiger partial charge in [0.1, 0.15) is 10.7 Å². The topological polar surface area (TPSA) is 85.4 Å². The van der Waals surface area contributed by atoms with E-state index in [4.69, 9.17) is 16.7 Å². The maximum Gasteiger partial charge on any atom is 0.352 e. The van der Waals surface area contributed by atoms with Gasteiger partial charge in [0, 0.05) is 24.4 Å². The predicted octanol–water partition coefficient (Wildman–Crippen LogP) is 3.26. The van der Waals surface area contributed by atoms with Crippen LogP contribution in [0.15, 0.2) is 24.3 Å². The van der Waals surface area contributed by atoms with Gasteiger partial charge in [-0.05, 0) is 30.7 Å². The van der Waals surface area contributed by atoms with Crippen molar-refractivity contribution in [2.45, 2.75) is 6.92 Å². The molecule has 6 nitrogen and oxygen atoms in total. The standard InChI is InChI=1S/C13H11ClN2O4/c1-7-5-12(16(19)20)9(14)6-8(7)10-3-4-11(13(17)18)15(10)2/h3-6H,1-2H3,(H,17,18). The molecule has 0 bridgehead atoms. The maximum atomic E-state index is 11.0. The van der Waals surface area contributed by atoms with E-state index in [2.05, 4.69) is 0 Å². The van der Waals surface area contributed by atoms with E-state index >= 15 is 0 Å². The minimum atomic E-state index is -1.04. The van der Waals surface area contributed by atoms with Crippen LogP contribution in [-0.4, -0.2) is 20.6 Å². The molecule has 1 heterocycles. The number of nitro groups is 1. The van der Waals surface area contributed by atoms with E-state index in [1.54, 1.807) is 20.0 Å². The second-order valence-electron chi connectivity index (χ2n) is 4.34. The van der Waals surface area contributed by atoms with Crippen LogP contribution in [0.3, 0.4) is 0 Å². The lowest BCUT2D eigenvalue weighted by Gasteiger charge is -2.09. The summed E-state index contributed by atoms with van der Waals surface area (Å²) >= 11 is 5.90. The Bertz CT molecular complexity index is 721. The molecule has 2 rings (SSSR count). The van der Waals surface area contributed by atoms with Gasteiger partial charge in [0.15, 0.2) is 0 Å². The van der Waals surface area contributed by atoms with Crippen LogP contribution in [0.25, 0.3) is 11.3 Å². The van der Waals surface area contributed by atoms with Gasteiger partial charge in [-0.15, -0.1) is 0 Å². The molecule has 0 spiro atoms. The van der Waals surface area contributed by atoms with Crippen molar-refractivity contribution in [2.75, 3.05) is 0 Å². The molecule has 0 unspecified atom stereocenters. The van der Waals surface area contributed by atoms with Crippen LogP contribution < -0.4 is 0 Å². The van der Waals surface area contributed by atoms with Crippen molar-refractivity contribution >= 4 is 23.3 Å². The second kappa shape index (κ2) is 4.97. The van der Waals surface area contributed by atoms with Crippen LogP contribution in [-0.2, 0) is 7.05 Å². The van der Waals surface area contributed by atoms with Crippen molar-refractivity contribution in [3.8, 4) is 11.3 Å². The summed E-state index contributed by atoms with van der Waals surface area (Å²) in [7, 11) is 1.62.